The summed E-state index contributed by atoms with van der Waals surface area (Å²) in [5, 5.41) is 28.7. The summed E-state index contributed by atoms with van der Waals surface area (Å²) in [5.74, 6) is -2.81. The molecule has 170 valence electrons. The van der Waals surface area contributed by atoms with Gasteiger partial charge in [-0.3, -0.25) is 9.59 Å². The first-order chi connectivity index (χ1) is 14.0. The van der Waals surface area contributed by atoms with E-state index in [0.717, 1.165) is 36.4 Å². The van der Waals surface area contributed by atoms with E-state index in [1.54, 1.807) is 0 Å². The van der Waals surface area contributed by atoms with Gasteiger partial charge in [0.1, 0.15) is 20.7 Å². The fourth-order valence-electron chi connectivity index (χ4n) is 1.89. The largest absolute Gasteiger partial charge is 0.480 e. The summed E-state index contributed by atoms with van der Waals surface area (Å²) >= 11 is 12.6. The van der Waals surface area contributed by atoms with Crippen LogP contribution in [0.4, 0.5) is 0 Å². The van der Waals surface area contributed by atoms with Crippen molar-refractivity contribution in [3.8, 4) is 0 Å². The summed E-state index contributed by atoms with van der Waals surface area (Å²) in [6.45, 7) is 3.69. The van der Waals surface area contributed by atoms with Crippen LogP contribution in [-0.4, -0.2) is 79.3 Å². The van der Waals surface area contributed by atoms with Gasteiger partial charge >= 0.3 is 11.9 Å². The van der Waals surface area contributed by atoms with Gasteiger partial charge in [-0.1, -0.05) is 48.0 Å². The van der Waals surface area contributed by atoms with Gasteiger partial charge in [-0.25, -0.2) is 9.59 Å². The third kappa shape index (κ3) is 15.2. The zero-order chi connectivity index (χ0) is 23.1. The molecule has 0 saturated heterocycles. The number of hydrogen-bond acceptors (Lipinski definition) is 8. The Bertz CT molecular complexity index is 595. The summed E-state index contributed by atoms with van der Waals surface area (Å²) in [4.78, 5) is 44.0. The predicted molar refractivity (Wildman–Crippen MR) is 126 cm³/mol. The van der Waals surface area contributed by atoms with Gasteiger partial charge in [-0.05, 0) is 12.8 Å². The highest BCUT2D eigenvalue weighted by atomic mass is 32.2. The van der Waals surface area contributed by atoms with Crippen molar-refractivity contribution < 1.29 is 29.4 Å². The lowest BCUT2D eigenvalue weighted by atomic mass is 10.3. The second-order valence-electron chi connectivity index (χ2n) is 5.94. The Labute approximate surface area is 194 Å². The van der Waals surface area contributed by atoms with Crippen molar-refractivity contribution in [1.29, 1.82) is 0 Å². The molecule has 30 heavy (non-hydrogen) atoms. The predicted octanol–water partition coefficient (Wildman–Crippen LogP) is 0.161. The molecule has 0 rings (SSSR count). The highest BCUT2D eigenvalue weighted by Crippen LogP contribution is 2.07. The van der Waals surface area contributed by atoms with E-state index in [-0.39, 0.29) is 11.5 Å². The number of aliphatic carboxylic acids is 2. The van der Waals surface area contributed by atoms with Crippen LogP contribution in [0.25, 0.3) is 0 Å². The Morgan fingerprint density at radius 2 is 1.10 bits per heavy atom. The highest BCUT2D eigenvalue weighted by Gasteiger charge is 2.19. The average molecular weight is 499 g/mol. The molecule has 0 aliphatic carbocycles. The fourth-order valence-corrected chi connectivity index (χ4v) is 4.00. The zero-order valence-electron chi connectivity index (χ0n) is 16.6. The molecule has 0 fully saturated rings. The topological polar surface area (TPSA) is 157 Å². The Morgan fingerprint density at radius 1 is 0.767 bits per heavy atom. The SMILES string of the molecule is CC(=O)N[C@@H](CSC(=S)NCCCCNC(=S)SC[C@H](NC(C)=O)C(=O)O)C(=O)O. The fraction of sp³-hybridized carbons (Fsp3) is 0.625. The van der Waals surface area contributed by atoms with Gasteiger partial charge in [-0.2, -0.15) is 0 Å². The van der Waals surface area contributed by atoms with Gasteiger partial charge in [-0.15, -0.1) is 0 Å². The first kappa shape index (κ1) is 28.4. The molecule has 0 aromatic carbocycles. The quantitative estimate of drug-likeness (QED) is 0.151. The highest BCUT2D eigenvalue weighted by molar-refractivity contribution is 8.23. The van der Waals surface area contributed by atoms with Crippen molar-refractivity contribution >= 4 is 80.4 Å². The van der Waals surface area contributed by atoms with Gasteiger partial charge in [0.15, 0.2) is 0 Å². The van der Waals surface area contributed by atoms with Gasteiger partial charge in [0.05, 0.1) is 0 Å². The number of thiocarbonyl (C=S) groups is 2. The van der Waals surface area contributed by atoms with Crippen LogP contribution in [-0.2, 0) is 19.2 Å². The molecular weight excluding hydrogens is 472 g/mol. The van der Waals surface area contributed by atoms with Gasteiger partial charge in [0.25, 0.3) is 0 Å². The maximum Gasteiger partial charge on any atom is 0.327 e. The molecule has 0 radical (unpaired) electrons. The number of amides is 2. The van der Waals surface area contributed by atoms with Crippen LogP contribution in [0.2, 0.25) is 0 Å². The van der Waals surface area contributed by atoms with Crippen LogP contribution in [0.3, 0.4) is 0 Å². The normalized spacial score (nSPS) is 12.2. The number of rotatable bonds is 13. The minimum absolute atomic E-state index is 0.129. The first-order valence-electron chi connectivity index (χ1n) is 8.84. The molecule has 0 aliphatic heterocycles. The number of carbonyl (C=O) groups is 4. The molecule has 0 aromatic heterocycles. The molecule has 0 heterocycles. The maximum atomic E-state index is 11.0. The Kier molecular flexibility index (Phi) is 15.2. The minimum Gasteiger partial charge on any atom is -0.480 e. The van der Waals surface area contributed by atoms with E-state index >= 15 is 0 Å². The molecule has 0 aliphatic rings. The monoisotopic (exact) mass is 498 g/mol. The lowest BCUT2D eigenvalue weighted by molar-refractivity contribution is -0.141. The molecule has 14 heteroatoms. The summed E-state index contributed by atoms with van der Waals surface area (Å²) < 4.78 is 0.895. The van der Waals surface area contributed by atoms with E-state index in [1.165, 1.54) is 13.8 Å². The molecule has 2 atom stereocenters. The van der Waals surface area contributed by atoms with Crippen molar-refractivity contribution in [2.24, 2.45) is 0 Å². The number of carboxylic acid groups (broad SMARTS) is 2. The maximum absolute atomic E-state index is 11.0. The third-order valence-electron chi connectivity index (χ3n) is 3.26. The molecule has 0 unspecified atom stereocenters. The van der Waals surface area contributed by atoms with Crippen molar-refractivity contribution in [1.82, 2.24) is 21.3 Å². The van der Waals surface area contributed by atoms with Crippen LogP contribution < -0.4 is 21.3 Å². The lowest BCUT2D eigenvalue weighted by Crippen LogP contribution is -2.42. The minimum atomic E-state index is -1.12. The van der Waals surface area contributed by atoms with Crippen molar-refractivity contribution in [3.05, 3.63) is 0 Å². The van der Waals surface area contributed by atoms with E-state index in [0.29, 0.717) is 21.7 Å². The van der Waals surface area contributed by atoms with Crippen LogP contribution in [0, 0.1) is 0 Å². The molecule has 0 saturated carbocycles. The van der Waals surface area contributed by atoms with Crippen LogP contribution in [0.15, 0.2) is 0 Å². The standard InChI is InChI=1S/C16H26N4O6S4/c1-9(21)19-11(13(23)24)7-29-15(27)17-5-3-4-6-18-16(28)30-8-12(14(25)26)20-10(2)22/h11-12H,3-8H2,1-2H3,(H,17,27)(H,18,28)(H,19,21)(H,20,22)(H,23,24)(H,25,26)/t11-,12-/m0/s1. The van der Waals surface area contributed by atoms with E-state index in [1.807, 2.05) is 0 Å². The number of carboxylic acids is 2. The second kappa shape index (κ2) is 16.1. The number of hydrogen-bond donors (Lipinski definition) is 6. The molecule has 0 bridgehead atoms. The Hall–Kier alpha value is -1.64. The van der Waals surface area contributed by atoms with Crippen molar-refractivity contribution in [2.75, 3.05) is 24.6 Å². The van der Waals surface area contributed by atoms with Gasteiger partial charge in [0, 0.05) is 38.4 Å². The number of nitrogens with one attached hydrogen (secondary N) is 4. The molecule has 0 aromatic rings. The zero-order valence-corrected chi connectivity index (χ0v) is 19.8. The third-order valence-corrected chi connectivity index (χ3v) is 6.06. The van der Waals surface area contributed by atoms with Crippen LogP contribution in [0.5, 0.6) is 0 Å². The van der Waals surface area contributed by atoms with E-state index in [9.17, 15) is 19.2 Å². The van der Waals surface area contributed by atoms with Crippen LogP contribution in [0.1, 0.15) is 26.7 Å². The number of thioether (sulfide) groups is 2. The second-order valence-corrected chi connectivity index (χ2v) is 9.33. The van der Waals surface area contributed by atoms with Crippen molar-refractivity contribution in [3.63, 3.8) is 0 Å². The summed E-state index contributed by atoms with van der Waals surface area (Å²) in [6, 6.07) is -2.00. The lowest BCUT2D eigenvalue weighted by Gasteiger charge is -2.14. The summed E-state index contributed by atoms with van der Waals surface area (Å²) in [6.07, 6.45) is 1.55. The molecule has 10 nitrogen and oxygen atoms in total. The van der Waals surface area contributed by atoms with Gasteiger partial charge in [0.2, 0.25) is 11.8 Å². The summed E-state index contributed by atoms with van der Waals surface area (Å²) in [7, 11) is 0. The Balaban J connectivity index is 3.90. The van der Waals surface area contributed by atoms with Crippen molar-refractivity contribution in [2.45, 2.75) is 38.8 Å². The van der Waals surface area contributed by atoms with Gasteiger partial charge < -0.3 is 31.5 Å². The van der Waals surface area contributed by atoms with Crippen LogP contribution >= 0.6 is 48.0 Å². The number of carbonyl (C=O) groups excluding carboxylic acids is 2. The average Bonchev–Trinajstić information content (AvgIpc) is 2.63. The molecule has 6 N–H and O–H groups in total. The molecule has 0 spiro atoms. The van der Waals surface area contributed by atoms with E-state index in [4.69, 9.17) is 34.6 Å². The molecular formula is C16H26N4O6S4. The smallest absolute Gasteiger partial charge is 0.327 e. The number of unbranched alkanes of at least 4 members (excludes halogenated alkanes) is 1. The Morgan fingerprint density at radius 3 is 1.37 bits per heavy atom. The van der Waals surface area contributed by atoms with E-state index < -0.39 is 35.8 Å². The first-order valence-corrected chi connectivity index (χ1v) is 11.6. The van der Waals surface area contributed by atoms with E-state index in [2.05, 4.69) is 21.3 Å². The summed E-state index contributed by atoms with van der Waals surface area (Å²) in [5.41, 5.74) is 0. The molecule has 2 amide bonds.